The zero-order chi connectivity index (χ0) is 11.8. The molecule has 3 unspecified atom stereocenters. The van der Waals surface area contributed by atoms with E-state index in [1.54, 1.807) is 4.31 Å². The van der Waals surface area contributed by atoms with Crippen molar-refractivity contribution in [3.63, 3.8) is 0 Å². The standard InChI is InChI=1S/C11H22N2O2S/c1-9-6-10(2)13(8-9)16(14,15)11-4-3-5-12-7-11/h9-12H,3-8H2,1-2H3. The van der Waals surface area contributed by atoms with Crippen molar-refractivity contribution >= 4 is 10.0 Å². The van der Waals surface area contributed by atoms with Gasteiger partial charge in [-0.1, -0.05) is 6.92 Å². The summed E-state index contributed by atoms with van der Waals surface area (Å²) >= 11 is 0. The molecule has 2 rings (SSSR count). The first-order valence-electron chi connectivity index (χ1n) is 6.23. The van der Waals surface area contributed by atoms with Crippen LogP contribution in [0.1, 0.15) is 33.1 Å². The van der Waals surface area contributed by atoms with Gasteiger partial charge in [-0.3, -0.25) is 0 Å². The molecule has 0 radical (unpaired) electrons. The minimum absolute atomic E-state index is 0.182. The monoisotopic (exact) mass is 246 g/mol. The molecule has 0 aromatic heterocycles. The first-order valence-corrected chi connectivity index (χ1v) is 7.73. The van der Waals surface area contributed by atoms with E-state index in [-0.39, 0.29) is 11.3 Å². The van der Waals surface area contributed by atoms with Gasteiger partial charge in [-0.25, -0.2) is 8.42 Å². The average molecular weight is 246 g/mol. The van der Waals surface area contributed by atoms with Gasteiger partial charge in [-0.15, -0.1) is 0 Å². The van der Waals surface area contributed by atoms with Gasteiger partial charge < -0.3 is 5.32 Å². The minimum atomic E-state index is -3.07. The van der Waals surface area contributed by atoms with Crippen molar-refractivity contribution in [1.82, 2.24) is 9.62 Å². The summed E-state index contributed by atoms with van der Waals surface area (Å²) in [4.78, 5) is 0. The zero-order valence-corrected chi connectivity index (χ0v) is 11.0. The Bertz CT molecular complexity index is 336. The smallest absolute Gasteiger partial charge is 0.218 e. The summed E-state index contributed by atoms with van der Waals surface area (Å²) in [6.07, 6.45) is 2.79. The third kappa shape index (κ3) is 2.26. The zero-order valence-electron chi connectivity index (χ0n) is 10.1. The molecule has 0 aromatic rings. The van der Waals surface area contributed by atoms with Crippen LogP contribution < -0.4 is 5.32 Å². The van der Waals surface area contributed by atoms with Crippen LogP contribution in [0, 0.1) is 5.92 Å². The van der Waals surface area contributed by atoms with E-state index in [2.05, 4.69) is 12.2 Å². The summed E-state index contributed by atoms with van der Waals surface area (Å²) in [6, 6.07) is 0.182. The maximum atomic E-state index is 12.4. The first-order chi connectivity index (χ1) is 7.51. The molecule has 94 valence electrons. The fourth-order valence-electron chi connectivity index (χ4n) is 2.88. The van der Waals surface area contributed by atoms with Crippen molar-refractivity contribution in [2.75, 3.05) is 19.6 Å². The van der Waals surface area contributed by atoms with Crippen LogP contribution in [0.5, 0.6) is 0 Å². The van der Waals surface area contributed by atoms with E-state index in [0.29, 0.717) is 19.0 Å². The molecule has 0 saturated carbocycles. The molecule has 5 heteroatoms. The van der Waals surface area contributed by atoms with Crippen LogP contribution in [-0.4, -0.2) is 43.6 Å². The Morgan fingerprint density at radius 1 is 1.31 bits per heavy atom. The molecule has 2 aliphatic heterocycles. The van der Waals surface area contributed by atoms with Crippen LogP contribution in [0.2, 0.25) is 0 Å². The Morgan fingerprint density at radius 2 is 2.06 bits per heavy atom. The molecule has 4 nitrogen and oxygen atoms in total. The van der Waals surface area contributed by atoms with Crippen LogP contribution >= 0.6 is 0 Å². The molecule has 2 aliphatic rings. The Morgan fingerprint density at radius 3 is 2.56 bits per heavy atom. The number of piperidine rings is 1. The van der Waals surface area contributed by atoms with Gasteiger partial charge in [-0.05, 0) is 38.6 Å². The minimum Gasteiger partial charge on any atom is -0.315 e. The van der Waals surface area contributed by atoms with E-state index in [4.69, 9.17) is 0 Å². The molecule has 0 bridgehead atoms. The van der Waals surface area contributed by atoms with E-state index in [1.807, 2.05) is 6.92 Å². The van der Waals surface area contributed by atoms with Crippen LogP contribution in [0.25, 0.3) is 0 Å². The highest BCUT2D eigenvalue weighted by Crippen LogP contribution is 2.28. The molecule has 1 N–H and O–H groups in total. The lowest BCUT2D eigenvalue weighted by Gasteiger charge is -2.29. The highest BCUT2D eigenvalue weighted by molar-refractivity contribution is 7.89. The first kappa shape index (κ1) is 12.3. The second-order valence-electron chi connectivity index (χ2n) is 5.27. The molecule has 0 aromatic carbocycles. The van der Waals surface area contributed by atoms with Crippen molar-refractivity contribution in [3.8, 4) is 0 Å². The van der Waals surface area contributed by atoms with Gasteiger partial charge in [0.25, 0.3) is 0 Å². The molecule has 0 aliphatic carbocycles. The van der Waals surface area contributed by atoms with Crippen LogP contribution in [0.3, 0.4) is 0 Å². The number of sulfonamides is 1. The fraction of sp³-hybridized carbons (Fsp3) is 1.00. The lowest BCUT2D eigenvalue weighted by Crippen LogP contribution is -2.47. The summed E-state index contributed by atoms with van der Waals surface area (Å²) in [5, 5.41) is 2.98. The van der Waals surface area contributed by atoms with Crippen LogP contribution in [0.15, 0.2) is 0 Å². The SMILES string of the molecule is CC1CC(C)N(S(=O)(=O)C2CCCNC2)C1. The number of nitrogens with zero attached hydrogens (tertiary/aromatic N) is 1. The van der Waals surface area contributed by atoms with Gasteiger partial charge in [-0.2, -0.15) is 4.31 Å². The fourth-order valence-corrected chi connectivity index (χ4v) is 5.11. The Kier molecular flexibility index (Phi) is 3.56. The number of nitrogens with one attached hydrogen (secondary N) is 1. The van der Waals surface area contributed by atoms with Gasteiger partial charge in [0, 0.05) is 19.1 Å². The van der Waals surface area contributed by atoms with Gasteiger partial charge in [0.1, 0.15) is 0 Å². The van der Waals surface area contributed by atoms with Crippen molar-refractivity contribution in [2.45, 2.75) is 44.4 Å². The second-order valence-corrected chi connectivity index (χ2v) is 7.44. The van der Waals surface area contributed by atoms with E-state index >= 15 is 0 Å². The summed E-state index contributed by atoms with van der Waals surface area (Å²) in [5.41, 5.74) is 0. The molecule has 0 amide bonds. The van der Waals surface area contributed by atoms with Crippen molar-refractivity contribution in [2.24, 2.45) is 5.92 Å². The molecule has 16 heavy (non-hydrogen) atoms. The van der Waals surface area contributed by atoms with Crippen molar-refractivity contribution in [3.05, 3.63) is 0 Å². The van der Waals surface area contributed by atoms with Gasteiger partial charge >= 0.3 is 0 Å². The van der Waals surface area contributed by atoms with Crippen LogP contribution in [0.4, 0.5) is 0 Å². The summed E-state index contributed by atoms with van der Waals surface area (Å²) in [6.45, 7) is 6.44. The number of rotatable bonds is 2. The lowest BCUT2D eigenvalue weighted by atomic mass is 10.1. The van der Waals surface area contributed by atoms with E-state index < -0.39 is 10.0 Å². The summed E-state index contributed by atoms with van der Waals surface area (Å²) < 4.78 is 26.6. The van der Waals surface area contributed by atoms with E-state index in [0.717, 1.165) is 25.8 Å². The Hall–Kier alpha value is -0.130. The van der Waals surface area contributed by atoms with E-state index in [9.17, 15) is 8.42 Å². The second kappa shape index (κ2) is 4.63. The van der Waals surface area contributed by atoms with Gasteiger partial charge in [0.2, 0.25) is 10.0 Å². The summed E-state index contributed by atoms with van der Waals surface area (Å²) in [5.74, 6) is 0.501. The molecule has 2 heterocycles. The molecule has 3 atom stereocenters. The van der Waals surface area contributed by atoms with Crippen LogP contribution in [-0.2, 0) is 10.0 Å². The highest BCUT2D eigenvalue weighted by Gasteiger charge is 2.39. The van der Waals surface area contributed by atoms with Gasteiger partial charge in [0.05, 0.1) is 5.25 Å². The third-order valence-electron chi connectivity index (χ3n) is 3.73. The molecular weight excluding hydrogens is 224 g/mol. The predicted molar refractivity (Wildman–Crippen MR) is 64.8 cm³/mol. The van der Waals surface area contributed by atoms with E-state index in [1.165, 1.54) is 0 Å². The topological polar surface area (TPSA) is 49.4 Å². The molecule has 2 fully saturated rings. The number of hydrogen-bond donors (Lipinski definition) is 1. The van der Waals surface area contributed by atoms with Crippen molar-refractivity contribution < 1.29 is 8.42 Å². The predicted octanol–water partition coefficient (Wildman–Crippen LogP) is 0.798. The maximum absolute atomic E-state index is 12.4. The molecule has 0 spiro atoms. The Labute approximate surface area is 98.4 Å². The average Bonchev–Trinajstić information content (AvgIpc) is 2.60. The van der Waals surface area contributed by atoms with Crippen molar-refractivity contribution in [1.29, 1.82) is 0 Å². The highest BCUT2D eigenvalue weighted by atomic mass is 32.2. The summed E-state index contributed by atoms with van der Waals surface area (Å²) in [7, 11) is -3.07. The van der Waals surface area contributed by atoms with Gasteiger partial charge in [0.15, 0.2) is 0 Å². The maximum Gasteiger partial charge on any atom is 0.218 e. The normalized spacial score (nSPS) is 37.8. The Balaban J connectivity index is 2.11. The number of hydrogen-bond acceptors (Lipinski definition) is 3. The molecular formula is C11H22N2O2S. The quantitative estimate of drug-likeness (QED) is 0.784. The third-order valence-corrected chi connectivity index (χ3v) is 6.13. The largest absolute Gasteiger partial charge is 0.315 e. The lowest BCUT2D eigenvalue weighted by molar-refractivity contribution is 0.385. The molecule has 2 saturated heterocycles.